The highest BCUT2D eigenvalue weighted by molar-refractivity contribution is 6.10. The fraction of sp³-hybridized carbons (Fsp3) is 0.172. The van der Waals surface area contributed by atoms with Crippen LogP contribution in [0.3, 0.4) is 0 Å². The summed E-state index contributed by atoms with van der Waals surface area (Å²) >= 11 is 0. The number of benzene rings is 3. The van der Waals surface area contributed by atoms with Crippen molar-refractivity contribution in [3.05, 3.63) is 131 Å². The Bertz CT molecular complexity index is 1260. The minimum atomic E-state index is -1.12. The van der Waals surface area contributed by atoms with Crippen LogP contribution in [0.5, 0.6) is 0 Å². The number of hydrogen-bond donors (Lipinski definition) is 2. The average Bonchev–Trinajstić information content (AvgIpc) is 3.47. The molecule has 0 unspecified atom stereocenters. The quantitative estimate of drug-likeness (QED) is 0.396. The molecule has 1 fully saturated rings. The summed E-state index contributed by atoms with van der Waals surface area (Å²) in [5.74, 6) is 0.868. The Kier molecular flexibility index (Phi) is 6.21. The number of nitrogens with zero attached hydrogens (tertiary/aromatic N) is 2. The van der Waals surface area contributed by atoms with Gasteiger partial charge in [0.25, 0.3) is 5.91 Å². The first-order valence-electron chi connectivity index (χ1n) is 11.6. The van der Waals surface area contributed by atoms with Crippen molar-refractivity contribution >= 4 is 11.9 Å². The molecular weight excluding hydrogens is 436 g/mol. The average molecular weight is 465 g/mol. The van der Waals surface area contributed by atoms with E-state index in [2.05, 4.69) is 22.3 Å². The van der Waals surface area contributed by atoms with Gasteiger partial charge in [0.1, 0.15) is 5.76 Å². The predicted molar refractivity (Wildman–Crippen MR) is 135 cm³/mol. The fourth-order valence-corrected chi connectivity index (χ4v) is 4.73. The molecule has 1 aromatic heterocycles. The van der Waals surface area contributed by atoms with Crippen molar-refractivity contribution in [3.8, 4) is 0 Å². The first kappa shape index (κ1) is 22.6. The van der Waals surface area contributed by atoms with Gasteiger partial charge < -0.3 is 9.73 Å². The van der Waals surface area contributed by atoms with Gasteiger partial charge in [0.05, 0.1) is 19.4 Å². The maximum atomic E-state index is 14.0. The number of furan rings is 1. The molecule has 1 aliphatic heterocycles. The zero-order valence-electron chi connectivity index (χ0n) is 19.6. The van der Waals surface area contributed by atoms with Gasteiger partial charge in [0.2, 0.25) is 0 Å². The summed E-state index contributed by atoms with van der Waals surface area (Å²) in [5, 5.41) is 11.9. The Hall–Kier alpha value is -4.16. The fourth-order valence-electron chi connectivity index (χ4n) is 4.73. The number of rotatable bonds is 8. The van der Waals surface area contributed by atoms with E-state index in [-0.39, 0.29) is 11.9 Å². The summed E-state index contributed by atoms with van der Waals surface area (Å²) in [6, 6.07) is 31.3. The van der Waals surface area contributed by atoms with Gasteiger partial charge in [-0.3, -0.25) is 20.0 Å². The van der Waals surface area contributed by atoms with Crippen molar-refractivity contribution in [1.82, 2.24) is 15.1 Å². The Morgan fingerprint density at radius 3 is 2.14 bits per heavy atom. The summed E-state index contributed by atoms with van der Waals surface area (Å²) < 4.78 is 5.45. The standard InChI is InChI=1S/C29H28N4O2/c1-32(21-26-16-9-17-35-26)19-22-10-8-11-23(18-22)20-33-27(34)29(31-28(33)30,24-12-4-2-5-13-24)25-14-6-3-7-15-25/h2-18H,19-21H2,1H3,(H2,30,31). The normalized spacial score (nSPS) is 15.0. The van der Waals surface area contributed by atoms with E-state index in [4.69, 9.17) is 9.83 Å². The van der Waals surface area contributed by atoms with Crippen LogP contribution in [0.2, 0.25) is 0 Å². The first-order chi connectivity index (χ1) is 17.1. The van der Waals surface area contributed by atoms with Crippen molar-refractivity contribution in [2.24, 2.45) is 0 Å². The number of carbonyl (C=O) groups excluding carboxylic acids is 1. The Morgan fingerprint density at radius 1 is 0.857 bits per heavy atom. The lowest BCUT2D eigenvalue weighted by molar-refractivity contribution is -0.130. The first-order valence-corrected chi connectivity index (χ1v) is 11.6. The van der Waals surface area contributed by atoms with Crippen LogP contribution < -0.4 is 5.32 Å². The molecule has 1 amide bonds. The van der Waals surface area contributed by atoms with E-state index in [0.29, 0.717) is 13.1 Å². The molecule has 0 spiro atoms. The maximum Gasteiger partial charge on any atom is 0.264 e. The number of guanidine groups is 1. The highest BCUT2D eigenvalue weighted by Gasteiger charge is 2.52. The minimum absolute atomic E-state index is 0.100. The molecule has 0 aliphatic carbocycles. The van der Waals surface area contributed by atoms with Crippen LogP contribution in [-0.4, -0.2) is 28.7 Å². The molecule has 0 radical (unpaired) electrons. The van der Waals surface area contributed by atoms with Crippen LogP contribution in [0.25, 0.3) is 0 Å². The molecule has 5 rings (SSSR count). The lowest BCUT2D eigenvalue weighted by Crippen LogP contribution is -2.45. The third kappa shape index (κ3) is 4.48. The second-order valence-corrected chi connectivity index (χ2v) is 8.92. The van der Waals surface area contributed by atoms with Crippen LogP contribution in [0.1, 0.15) is 28.0 Å². The molecule has 1 saturated heterocycles. The molecule has 0 saturated carbocycles. The lowest BCUT2D eigenvalue weighted by Gasteiger charge is -2.28. The van der Waals surface area contributed by atoms with Gasteiger partial charge in [-0.2, -0.15) is 0 Å². The van der Waals surface area contributed by atoms with Crippen molar-refractivity contribution in [1.29, 1.82) is 5.41 Å². The molecule has 6 heteroatoms. The molecule has 35 heavy (non-hydrogen) atoms. The van der Waals surface area contributed by atoms with Crippen molar-refractivity contribution < 1.29 is 9.21 Å². The van der Waals surface area contributed by atoms with E-state index in [1.165, 1.54) is 4.90 Å². The van der Waals surface area contributed by atoms with Gasteiger partial charge >= 0.3 is 0 Å². The highest BCUT2D eigenvalue weighted by Crippen LogP contribution is 2.36. The number of carbonyl (C=O) groups is 1. The summed E-state index contributed by atoms with van der Waals surface area (Å²) in [6.07, 6.45) is 1.69. The van der Waals surface area contributed by atoms with Crippen molar-refractivity contribution in [2.45, 2.75) is 25.2 Å². The van der Waals surface area contributed by atoms with Crippen LogP contribution in [0, 0.1) is 5.41 Å². The van der Waals surface area contributed by atoms with Gasteiger partial charge in [-0.25, -0.2) is 0 Å². The third-order valence-electron chi connectivity index (χ3n) is 6.35. The maximum absolute atomic E-state index is 14.0. The zero-order valence-corrected chi connectivity index (χ0v) is 19.6. The number of hydrogen-bond acceptors (Lipinski definition) is 4. The predicted octanol–water partition coefficient (Wildman–Crippen LogP) is 4.72. The molecule has 4 aromatic rings. The Balaban J connectivity index is 1.39. The van der Waals surface area contributed by atoms with E-state index in [9.17, 15) is 4.79 Å². The third-order valence-corrected chi connectivity index (χ3v) is 6.35. The Morgan fingerprint density at radius 2 is 1.51 bits per heavy atom. The van der Waals surface area contributed by atoms with Gasteiger partial charge in [-0.1, -0.05) is 84.9 Å². The van der Waals surface area contributed by atoms with Crippen LogP contribution in [-0.2, 0) is 30.0 Å². The van der Waals surface area contributed by atoms with Gasteiger partial charge in [-0.15, -0.1) is 0 Å². The van der Waals surface area contributed by atoms with Crippen molar-refractivity contribution in [2.75, 3.05) is 7.05 Å². The molecule has 3 aromatic carbocycles. The van der Waals surface area contributed by atoms with Crippen LogP contribution in [0.15, 0.2) is 108 Å². The van der Waals surface area contributed by atoms with Crippen molar-refractivity contribution in [3.63, 3.8) is 0 Å². The van der Waals surface area contributed by atoms with Crippen LogP contribution >= 0.6 is 0 Å². The van der Waals surface area contributed by atoms with Gasteiger partial charge in [0, 0.05) is 6.54 Å². The van der Waals surface area contributed by atoms with Gasteiger partial charge in [0.15, 0.2) is 11.5 Å². The minimum Gasteiger partial charge on any atom is -0.468 e. The summed E-state index contributed by atoms with van der Waals surface area (Å²) in [6.45, 7) is 1.78. The largest absolute Gasteiger partial charge is 0.468 e. The molecule has 0 atom stereocenters. The summed E-state index contributed by atoms with van der Waals surface area (Å²) in [7, 11) is 2.05. The molecule has 0 bridgehead atoms. The number of nitrogens with one attached hydrogen (secondary N) is 2. The second kappa shape index (κ2) is 9.60. The molecule has 6 nitrogen and oxygen atoms in total. The SMILES string of the molecule is CN(Cc1cccc(CN2C(=N)NC(c3ccccc3)(c3ccccc3)C2=O)c1)Cc1ccco1. The van der Waals surface area contributed by atoms with E-state index in [1.54, 1.807) is 6.26 Å². The summed E-state index contributed by atoms with van der Waals surface area (Å²) in [4.78, 5) is 17.7. The second-order valence-electron chi connectivity index (χ2n) is 8.92. The highest BCUT2D eigenvalue weighted by atomic mass is 16.3. The number of amides is 1. The van der Waals surface area contributed by atoms with E-state index in [0.717, 1.165) is 34.6 Å². The molecule has 2 N–H and O–H groups in total. The topological polar surface area (TPSA) is 72.6 Å². The van der Waals surface area contributed by atoms with Crippen LogP contribution in [0.4, 0.5) is 0 Å². The molecule has 2 heterocycles. The monoisotopic (exact) mass is 464 g/mol. The molecule has 1 aliphatic rings. The zero-order chi connectivity index (χ0) is 24.3. The Labute approximate surface area is 205 Å². The van der Waals surface area contributed by atoms with Gasteiger partial charge in [-0.05, 0) is 41.4 Å². The summed E-state index contributed by atoms with van der Waals surface area (Å²) in [5.41, 5.74) is 2.62. The van der Waals surface area contributed by atoms with E-state index < -0.39 is 5.54 Å². The van der Waals surface area contributed by atoms with E-state index in [1.807, 2.05) is 92.0 Å². The smallest absolute Gasteiger partial charge is 0.264 e. The van der Waals surface area contributed by atoms with E-state index >= 15 is 0 Å². The lowest BCUT2D eigenvalue weighted by atomic mass is 9.82. The molecular formula is C29H28N4O2. The molecule has 176 valence electrons.